The molecule has 1 heterocycles. The molecule has 0 aromatic heterocycles. The second-order valence-corrected chi connectivity index (χ2v) is 5.22. The molecule has 1 aliphatic heterocycles. The number of hydrogen-bond acceptors (Lipinski definition) is 3. The summed E-state index contributed by atoms with van der Waals surface area (Å²) in [6.07, 6.45) is 0.896. The summed E-state index contributed by atoms with van der Waals surface area (Å²) >= 11 is 5.90. The van der Waals surface area contributed by atoms with Crippen LogP contribution in [-0.2, 0) is 0 Å². The molecule has 2 N–H and O–H groups in total. The SMILES string of the molecule is NC(c1ccc(Cl)cc1)c1ccc2c(c1)OCCCO2. The first-order valence-corrected chi connectivity index (χ1v) is 7.02. The zero-order valence-corrected chi connectivity index (χ0v) is 11.8. The fourth-order valence-corrected chi connectivity index (χ4v) is 2.36. The van der Waals surface area contributed by atoms with Crippen molar-refractivity contribution in [3.63, 3.8) is 0 Å². The molecule has 0 spiro atoms. The van der Waals surface area contributed by atoms with E-state index in [1.165, 1.54) is 0 Å². The van der Waals surface area contributed by atoms with Crippen molar-refractivity contribution in [1.82, 2.24) is 0 Å². The number of nitrogens with two attached hydrogens (primary N) is 1. The van der Waals surface area contributed by atoms with Gasteiger partial charge in [0.25, 0.3) is 0 Å². The maximum absolute atomic E-state index is 6.30. The minimum absolute atomic E-state index is 0.204. The van der Waals surface area contributed by atoms with Crippen molar-refractivity contribution < 1.29 is 9.47 Å². The maximum atomic E-state index is 6.30. The molecule has 0 radical (unpaired) electrons. The van der Waals surface area contributed by atoms with Crippen LogP contribution >= 0.6 is 11.6 Å². The van der Waals surface area contributed by atoms with Gasteiger partial charge in [0.05, 0.1) is 19.3 Å². The average molecular weight is 290 g/mol. The molecule has 0 saturated heterocycles. The van der Waals surface area contributed by atoms with Gasteiger partial charge < -0.3 is 15.2 Å². The van der Waals surface area contributed by atoms with Gasteiger partial charge in [-0.25, -0.2) is 0 Å². The van der Waals surface area contributed by atoms with Gasteiger partial charge in [-0.1, -0.05) is 29.8 Å². The molecule has 1 unspecified atom stereocenters. The predicted molar refractivity (Wildman–Crippen MR) is 79.5 cm³/mol. The number of rotatable bonds is 2. The third-order valence-electron chi connectivity index (χ3n) is 3.36. The van der Waals surface area contributed by atoms with E-state index in [9.17, 15) is 0 Å². The summed E-state index contributed by atoms with van der Waals surface area (Å²) in [6, 6.07) is 13.2. The molecule has 0 saturated carbocycles. The highest BCUT2D eigenvalue weighted by Crippen LogP contribution is 2.33. The van der Waals surface area contributed by atoms with Crippen LogP contribution in [0.5, 0.6) is 11.5 Å². The summed E-state index contributed by atoms with van der Waals surface area (Å²) in [5, 5.41) is 0.708. The summed E-state index contributed by atoms with van der Waals surface area (Å²) < 4.78 is 11.3. The fraction of sp³-hybridized carbons (Fsp3) is 0.250. The molecule has 0 amide bonds. The highest BCUT2D eigenvalue weighted by atomic mass is 35.5. The lowest BCUT2D eigenvalue weighted by molar-refractivity contribution is 0.297. The highest BCUT2D eigenvalue weighted by molar-refractivity contribution is 6.30. The second kappa shape index (κ2) is 5.73. The minimum atomic E-state index is -0.204. The van der Waals surface area contributed by atoms with E-state index in [2.05, 4.69) is 0 Å². The number of benzene rings is 2. The third kappa shape index (κ3) is 2.74. The van der Waals surface area contributed by atoms with Crippen molar-refractivity contribution >= 4 is 11.6 Å². The molecule has 3 rings (SSSR count). The van der Waals surface area contributed by atoms with Crippen molar-refractivity contribution in [2.45, 2.75) is 12.5 Å². The maximum Gasteiger partial charge on any atom is 0.161 e. The van der Waals surface area contributed by atoms with E-state index in [1.807, 2.05) is 42.5 Å². The summed E-state index contributed by atoms with van der Waals surface area (Å²) in [4.78, 5) is 0. The number of hydrogen-bond donors (Lipinski definition) is 1. The highest BCUT2D eigenvalue weighted by Gasteiger charge is 2.15. The normalized spacial score (nSPS) is 15.5. The van der Waals surface area contributed by atoms with Gasteiger partial charge in [0.1, 0.15) is 0 Å². The van der Waals surface area contributed by atoms with Crippen molar-refractivity contribution in [2.75, 3.05) is 13.2 Å². The molecular formula is C16H16ClNO2. The van der Waals surface area contributed by atoms with Crippen molar-refractivity contribution in [2.24, 2.45) is 5.73 Å². The molecule has 1 aliphatic rings. The Labute approximate surface area is 123 Å². The van der Waals surface area contributed by atoms with E-state index in [0.717, 1.165) is 29.0 Å². The standard InChI is InChI=1S/C16H16ClNO2/c17-13-5-2-11(3-6-13)16(18)12-4-7-14-15(10-12)20-9-1-8-19-14/h2-7,10,16H,1,8-9,18H2. The average Bonchev–Trinajstić information content (AvgIpc) is 2.71. The molecule has 0 bridgehead atoms. The Balaban J connectivity index is 1.90. The van der Waals surface area contributed by atoms with Gasteiger partial charge in [0.2, 0.25) is 0 Å². The number of fused-ring (bicyclic) bond motifs is 1. The molecule has 104 valence electrons. The zero-order valence-electron chi connectivity index (χ0n) is 11.0. The lowest BCUT2D eigenvalue weighted by atomic mass is 9.99. The fourth-order valence-electron chi connectivity index (χ4n) is 2.24. The van der Waals surface area contributed by atoms with Gasteiger partial charge in [0, 0.05) is 11.4 Å². The van der Waals surface area contributed by atoms with Gasteiger partial charge in [-0.3, -0.25) is 0 Å². The van der Waals surface area contributed by atoms with E-state index in [4.69, 9.17) is 26.8 Å². The summed E-state index contributed by atoms with van der Waals surface area (Å²) in [5.74, 6) is 1.55. The van der Waals surface area contributed by atoms with E-state index in [1.54, 1.807) is 0 Å². The predicted octanol–water partition coefficient (Wildman–Crippen LogP) is 3.55. The van der Waals surface area contributed by atoms with Gasteiger partial charge in [0.15, 0.2) is 11.5 Å². The topological polar surface area (TPSA) is 44.5 Å². The van der Waals surface area contributed by atoms with Crippen LogP contribution in [0.2, 0.25) is 5.02 Å². The monoisotopic (exact) mass is 289 g/mol. The number of ether oxygens (including phenoxy) is 2. The number of halogens is 1. The van der Waals surface area contributed by atoms with Crippen molar-refractivity contribution in [1.29, 1.82) is 0 Å². The molecule has 2 aromatic rings. The van der Waals surface area contributed by atoms with Crippen LogP contribution in [0.4, 0.5) is 0 Å². The zero-order chi connectivity index (χ0) is 13.9. The Bertz CT molecular complexity index is 598. The molecule has 20 heavy (non-hydrogen) atoms. The third-order valence-corrected chi connectivity index (χ3v) is 3.61. The van der Waals surface area contributed by atoms with Gasteiger partial charge >= 0.3 is 0 Å². The van der Waals surface area contributed by atoms with Crippen LogP contribution in [0.3, 0.4) is 0 Å². The smallest absolute Gasteiger partial charge is 0.161 e. The van der Waals surface area contributed by atoms with Crippen LogP contribution in [0.25, 0.3) is 0 Å². The van der Waals surface area contributed by atoms with E-state index in [-0.39, 0.29) is 6.04 Å². The lowest BCUT2D eigenvalue weighted by Gasteiger charge is -2.15. The van der Waals surface area contributed by atoms with E-state index in [0.29, 0.717) is 18.2 Å². The van der Waals surface area contributed by atoms with Crippen LogP contribution in [0.15, 0.2) is 42.5 Å². The van der Waals surface area contributed by atoms with Crippen molar-refractivity contribution in [3.8, 4) is 11.5 Å². The molecule has 4 heteroatoms. The first-order valence-electron chi connectivity index (χ1n) is 6.64. The largest absolute Gasteiger partial charge is 0.490 e. The van der Waals surface area contributed by atoms with Gasteiger partial charge in [-0.15, -0.1) is 0 Å². The first-order chi connectivity index (χ1) is 9.74. The summed E-state index contributed by atoms with van der Waals surface area (Å²) in [7, 11) is 0. The Hall–Kier alpha value is -1.71. The lowest BCUT2D eigenvalue weighted by Crippen LogP contribution is -2.11. The van der Waals surface area contributed by atoms with E-state index < -0.39 is 0 Å². The molecule has 3 nitrogen and oxygen atoms in total. The van der Waals surface area contributed by atoms with E-state index >= 15 is 0 Å². The molecule has 1 atom stereocenters. The van der Waals surface area contributed by atoms with Crippen LogP contribution < -0.4 is 15.2 Å². The molecule has 0 fully saturated rings. The molecule has 0 aliphatic carbocycles. The van der Waals surface area contributed by atoms with Crippen molar-refractivity contribution in [3.05, 3.63) is 58.6 Å². The summed E-state index contributed by atoms with van der Waals surface area (Å²) in [5.41, 5.74) is 8.31. The Morgan fingerprint density at radius 1 is 0.900 bits per heavy atom. The van der Waals surface area contributed by atoms with Crippen LogP contribution in [0, 0.1) is 0 Å². The van der Waals surface area contributed by atoms with Gasteiger partial charge in [-0.2, -0.15) is 0 Å². The van der Waals surface area contributed by atoms with Gasteiger partial charge in [-0.05, 0) is 35.4 Å². The second-order valence-electron chi connectivity index (χ2n) is 4.79. The first kappa shape index (κ1) is 13.3. The Morgan fingerprint density at radius 2 is 1.55 bits per heavy atom. The Morgan fingerprint density at radius 3 is 2.30 bits per heavy atom. The quantitative estimate of drug-likeness (QED) is 0.919. The summed E-state index contributed by atoms with van der Waals surface area (Å²) in [6.45, 7) is 1.36. The molecule has 2 aromatic carbocycles. The van der Waals surface area contributed by atoms with Crippen LogP contribution in [0.1, 0.15) is 23.6 Å². The van der Waals surface area contributed by atoms with Crippen LogP contribution in [-0.4, -0.2) is 13.2 Å². The Kier molecular flexibility index (Phi) is 3.81. The minimum Gasteiger partial charge on any atom is -0.490 e. The molecular weight excluding hydrogens is 274 g/mol.